The number of hydrogen-bond donors (Lipinski definition) is 0. The summed E-state index contributed by atoms with van der Waals surface area (Å²) in [6.07, 6.45) is 1.58. The Bertz CT molecular complexity index is 1080. The molecule has 3 nitrogen and oxygen atoms in total. The number of imidazole rings is 1. The first kappa shape index (κ1) is 12.2. The number of benzene rings is 2. The van der Waals surface area contributed by atoms with Gasteiger partial charge in [0, 0.05) is 5.56 Å². The van der Waals surface area contributed by atoms with Gasteiger partial charge in [0.25, 0.3) is 5.56 Å². The van der Waals surface area contributed by atoms with Crippen molar-refractivity contribution in [3.63, 3.8) is 0 Å². The zero-order valence-electron chi connectivity index (χ0n) is 10.8. The Morgan fingerprint density at radius 2 is 1.86 bits per heavy atom. The van der Waals surface area contributed by atoms with E-state index in [2.05, 4.69) is 4.98 Å². The highest BCUT2D eigenvalue weighted by Gasteiger charge is 2.10. The molecule has 0 aliphatic heterocycles. The fourth-order valence-electron chi connectivity index (χ4n) is 2.35. The fourth-order valence-corrected chi connectivity index (χ4v) is 3.32. The third kappa shape index (κ3) is 1.86. The molecular formula is C16H9FN2OS. The SMILES string of the molecule is O=c1/c(=C\c2ccccc2F)sc2nc3ccccc3n12. The molecule has 0 spiro atoms. The minimum absolute atomic E-state index is 0.160. The Labute approximate surface area is 122 Å². The molecule has 4 aromatic rings. The molecule has 102 valence electrons. The van der Waals surface area contributed by atoms with Gasteiger partial charge < -0.3 is 0 Å². The molecule has 0 aliphatic rings. The van der Waals surface area contributed by atoms with E-state index in [0.717, 1.165) is 11.0 Å². The molecule has 0 fully saturated rings. The van der Waals surface area contributed by atoms with E-state index in [9.17, 15) is 9.18 Å². The van der Waals surface area contributed by atoms with Crippen LogP contribution in [0.1, 0.15) is 5.56 Å². The van der Waals surface area contributed by atoms with Crippen LogP contribution in [-0.4, -0.2) is 9.38 Å². The second-order valence-corrected chi connectivity index (χ2v) is 5.66. The van der Waals surface area contributed by atoms with E-state index in [1.807, 2.05) is 24.3 Å². The molecule has 0 unspecified atom stereocenters. The Hall–Kier alpha value is -2.53. The Kier molecular flexibility index (Phi) is 2.62. The van der Waals surface area contributed by atoms with E-state index < -0.39 is 0 Å². The monoisotopic (exact) mass is 296 g/mol. The standard InChI is InChI=1S/C16H9FN2OS/c17-11-6-2-1-5-10(11)9-14-15(20)19-13-8-4-3-7-12(13)18-16(19)21-14/h1-9H/b14-9+. The molecule has 2 aromatic heterocycles. The molecule has 0 N–H and O–H groups in total. The van der Waals surface area contributed by atoms with E-state index in [-0.39, 0.29) is 11.4 Å². The van der Waals surface area contributed by atoms with Gasteiger partial charge in [-0.2, -0.15) is 0 Å². The number of rotatable bonds is 1. The van der Waals surface area contributed by atoms with Crippen LogP contribution < -0.4 is 10.1 Å². The van der Waals surface area contributed by atoms with Crippen LogP contribution in [0.2, 0.25) is 0 Å². The van der Waals surface area contributed by atoms with E-state index in [0.29, 0.717) is 15.1 Å². The van der Waals surface area contributed by atoms with Crippen molar-refractivity contribution in [1.82, 2.24) is 9.38 Å². The van der Waals surface area contributed by atoms with E-state index in [4.69, 9.17) is 0 Å². The lowest BCUT2D eigenvalue weighted by molar-refractivity contribution is 0.625. The number of fused-ring (bicyclic) bond motifs is 3. The molecular weight excluding hydrogens is 287 g/mol. The topological polar surface area (TPSA) is 34.4 Å². The molecule has 5 heteroatoms. The Morgan fingerprint density at radius 1 is 1.10 bits per heavy atom. The summed E-state index contributed by atoms with van der Waals surface area (Å²) in [6, 6.07) is 13.9. The number of aromatic nitrogens is 2. The predicted molar refractivity (Wildman–Crippen MR) is 82.0 cm³/mol. The van der Waals surface area contributed by atoms with Crippen molar-refractivity contribution in [2.75, 3.05) is 0 Å². The van der Waals surface area contributed by atoms with Crippen LogP contribution in [0.4, 0.5) is 4.39 Å². The van der Waals surface area contributed by atoms with Crippen LogP contribution >= 0.6 is 11.3 Å². The van der Waals surface area contributed by atoms with E-state index in [1.165, 1.54) is 17.4 Å². The molecule has 0 saturated heterocycles. The van der Waals surface area contributed by atoms with Crippen molar-refractivity contribution >= 4 is 33.4 Å². The van der Waals surface area contributed by atoms with Gasteiger partial charge >= 0.3 is 0 Å². The molecule has 2 heterocycles. The highest BCUT2D eigenvalue weighted by atomic mass is 32.1. The highest BCUT2D eigenvalue weighted by Crippen LogP contribution is 2.15. The first-order valence-corrected chi connectivity index (χ1v) is 7.22. The van der Waals surface area contributed by atoms with Crippen LogP contribution in [0.3, 0.4) is 0 Å². The average Bonchev–Trinajstić information content (AvgIpc) is 2.99. The maximum Gasteiger partial charge on any atom is 0.274 e. The first-order chi connectivity index (χ1) is 10.2. The Balaban J connectivity index is 2.06. The van der Waals surface area contributed by atoms with E-state index in [1.54, 1.807) is 28.7 Å². The summed E-state index contributed by atoms with van der Waals surface area (Å²) in [5, 5.41) is 0. The normalized spacial score (nSPS) is 12.5. The number of hydrogen-bond acceptors (Lipinski definition) is 3. The van der Waals surface area contributed by atoms with Crippen molar-refractivity contribution in [3.8, 4) is 0 Å². The summed E-state index contributed by atoms with van der Waals surface area (Å²) in [4.78, 5) is 17.6. The molecule has 0 radical (unpaired) electrons. The number of halogens is 1. The van der Waals surface area contributed by atoms with Crippen molar-refractivity contribution in [3.05, 3.63) is 74.8 Å². The van der Waals surface area contributed by atoms with Gasteiger partial charge in [0.15, 0.2) is 4.96 Å². The average molecular weight is 296 g/mol. The second kappa shape index (κ2) is 4.49. The lowest BCUT2D eigenvalue weighted by Crippen LogP contribution is -2.22. The molecule has 2 aromatic carbocycles. The lowest BCUT2D eigenvalue weighted by atomic mass is 10.2. The van der Waals surface area contributed by atoms with Gasteiger partial charge in [-0.3, -0.25) is 4.79 Å². The van der Waals surface area contributed by atoms with Gasteiger partial charge in [-0.05, 0) is 24.3 Å². The van der Waals surface area contributed by atoms with Crippen LogP contribution in [0.25, 0.3) is 22.1 Å². The fraction of sp³-hybridized carbons (Fsp3) is 0. The summed E-state index contributed by atoms with van der Waals surface area (Å²) in [5.41, 5.74) is 1.82. The molecule has 4 rings (SSSR count). The summed E-state index contributed by atoms with van der Waals surface area (Å²) >= 11 is 1.27. The van der Waals surface area contributed by atoms with Crippen LogP contribution in [-0.2, 0) is 0 Å². The van der Waals surface area contributed by atoms with Crippen molar-refractivity contribution < 1.29 is 4.39 Å². The molecule has 0 aliphatic carbocycles. The van der Waals surface area contributed by atoms with Crippen LogP contribution in [0.5, 0.6) is 0 Å². The van der Waals surface area contributed by atoms with Crippen LogP contribution in [0.15, 0.2) is 53.3 Å². The number of para-hydroxylation sites is 2. The summed E-state index contributed by atoms with van der Waals surface area (Å²) < 4.78 is 15.7. The quantitative estimate of drug-likeness (QED) is 0.541. The van der Waals surface area contributed by atoms with Gasteiger partial charge in [-0.1, -0.05) is 41.7 Å². The first-order valence-electron chi connectivity index (χ1n) is 6.40. The summed E-state index contributed by atoms with van der Waals surface area (Å²) in [7, 11) is 0. The minimum Gasteiger partial charge on any atom is -0.267 e. The molecule has 21 heavy (non-hydrogen) atoms. The van der Waals surface area contributed by atoms with Gasteiger partial charge in [0.05, 0.1) is 15.6 Å². The van der Waals surface area contributed by atoms with Crippen molar-refractivity contribution in [2.24, 2.45) is 0 Å². The van der Waals surface area contributed by atoms with Crippen LogP contribution in [0, 0.1) is 5.82 Å². The maximum absolute atomic E-state index is 13.7. The molecule has 0 saturated carbocycles. The van der Waals surface area contributed by atoms with Gasteiger partial charge in [0.2, 0.25) is 0 Å². The third-order valence-electron chi connectivity index (χ3n) is 3.34. The minimum atomic E-state index is -0.340. The molecule has 0 bridgehead atoms. The smallest absolute Gasteiger partial charge is 0.267 e. The zero-order valence-corrected chi connectivity index (χ0v) is 11.6. The molecule has 0 amide bonds. The highest BCUT2D eigenvalue weighted by molar-refractivity contribution is 7.15. The van der Waals surface area contributed by atoms with Gasteiger partial charge in [-0.25, -0.2) is 13.8 Å². The Morgan fingerprint density at radius 3 is 2.71 bits per heavy atom. The lowest BCUT2D eigenvalue weighted by Gasteiger charge is -1.92. The van der Waals surface area contributed by atoms with E-state index >= 15 is 0 Å². The summed E-state index contributed by atoms with van der Waals surface area (Å²) in [6.45, 7) is 0. The molecule has 0 atom stereocenters. The maximum atomic E-state index is 13.7. The number of nitrogens with zero attached hydrogens (tertiary/aromatic N) is 2. The largest absolute Gasteiger partial charge is 0.274 e. The third-order valence-corrected chi connectivity index (χ3v) is 4.31. The second-order valence-electron chi connectivity index (χ2n) is 4.66. The number of thiazole rings is 1. The zero-order chi connectivity index (χ0) is 14.4. The van der Waals surface area contributed by atoms with Crippen molar-refractivity contribution in [1.29, 1.82) is 0 Å². The summed E-state index contributed by atoms with van der Waals surface area (Å²) in [5.74, 6) is -0.340. The van der Waals surface area contributed by atoms with Crippen molar-refractivity contribution in [2.45, 2.75) is 0 Å². The predicted octanol–water partition coefficient (Wildman–Crippen LogP) is 2.60. The van der Waals surface area contributed by atoms with Gasteiger partial charge in [-0.15, -0.1) is 0 Å². The van der Waals surface area contributed by atoms with Gasteiger partial charge in [0.1, 0.15) is 5.82 Å².